The molecule has 0 fully saturated rings. The highest BCUT2D eigenvalue weighted by molar-refractivity contribution is 6.00. The molecule has 86 valence electrons. The first-order valence-electron chi connectivity index (χ1n) is 5.97. The van der Waals surface area contributed by atoms with Gasteiger partial charge in [-0.1, -0.05) is 19.1 Å². The Kier molecular flexibility index (Phi) is 3.44. The van der Waals surface area contributed by atoms with E-state index in [1.165, 1.54) is 5.56 Å². The topological polar surface area (TPSA) is 41.1 Å². The van der Waals surface area contributed by atoms with Gasteiger partial charge in [0.05, 0.1) is 11.3 Å². The summed E-state index contributed by atoms with van der Waals surface area (Å²) in [5.41, 5.74) is 3.07. The minimum atomic E-state index is 0.0353. The van der Waals surface area contributed by atoms with Gasteiger partial charge in [0.15, 0.2) is 0 Å². The fraction of sp³-hybridized carbons (Fsp3) is 0.462. The predicted octanol–water partition coefficient (Wildman–Crippen LogP) is 2.18. The van der Waals surface area contributed by atoms with Crippen molar-refractivity contribution in [3.8, 4) is 0 Å². The molecule has 2 N–H and O–H groups in total. The highest BCUT2D eigenvalue weighted by atomic mass is 16.1. The van der Waals surface area contributed by atoms with Crippen LogP contribution in [0.2, 0.25) is 0 Å². The minimum absolute atomic E-state index is 0.0353. The Balaban J connectivity index is 2.23. The summed E-state index contributed by atoms with van der Waals surface area (Å²) in [6, 6.07) is 5.95. The van der Waals surface area contributed by atoms with Gasteiger partial charge in [0.2, 0.25) is 0 Å². The van der Waals surface area contributed by atoms with Crippen LogP contribution in [0.25, 0.3) is 0 Å². The van der Waals surface area contributed by atoms with Gasteiger partial charge in [-0.3, -0.25) is 4.79 Å². The molecule has 0 saturated heterocycles. The van der Waals surface area contributed by atoms with E-state index in [1.54, 1.807) is 0 Å². The molecule has 0 radical (unpaired) electrons. The van der Waals surface area contributed by atoms with Gasteiger partial charge in [-0.2, -0.15) is 0 Å². The molecule has 0 aromatic heterocycles. The third-order valence-corrected chi connectivity index (χ3v) is 2.86. The Morgan fingerprint density at radius 3 is 3.19 bits per heavy atom. The molecule has 1 aromatic carbocycles. The molecular formula is C13H18N2O. The molecule has 1 heterocycles. The number of aryl methyl sites for hydroxylation is 1. The van der Waals surface area contributed by atoms with Crippen molar-refractivity contribution in [2.24, 2.45) is 0 Å². The average molecular weight is 218 g/mol. The van der Waals surface area contributed by atoms with Gasteiger partial charge in [0.25, 0.3) is 5.91 Å². The average Bonchev–Trinajstić information content (AvgIpc) is 2.35. The fourth-order valence-electron chi connectivity index (χ4n) is 2.03. The summed E-state index contributed by atoms with van der Waals surface area (Å²) in [5, 5.41) is 6.25. The smallest absolute Gasteiger partial charge is 0.253 e. The van der Waals surface area contributed by atoms with E-state index in [4.69, 9.17) is 0 Å². The predicted molar refractivity (Wildman–Crippen MR) is 65.9 cm³/mol. The number of hydrogen-bond donors (Lipinski definition) is 2. The van der Waals surface area contributed by atoms with Crippen molar-refractivity contribution >= 4 is 11.6 Å². The number of carbonyl (C=O) groups is 1. The Morgan fingerprint density at radius 2 is 2.38 bits per heavy atom. The van der Waals surface area contributed by atoms with Crippen LogP contribution in [0.1, 0.15) is 35.7 Å². The summed E-state index contributed by atoms with van der Waals surface area (Å²) in [4.78, 5) is 11.9. The van der Waals surface area contributed by atoms with Crippen LogP contribution in [0.5, 0.6) is 0 Å². The molecule has 1 aromatic rings. The number of fused-ring (bicyclic) bond motifs is 1. The van der Waals surface area contributed by atoms with E-state index in [9.17, 15) is 4.79 Å². The van der Waals surface area contributed by atoms with Crippen LogP contribution in [0.15, 0.2) is 18.2 Å². The lowest BCUT2D eigenvalue weighted by Crippen LogP contribution is -2.26. The van der Waals surface area contributed by atoms with Crippen molar-refractivity contribution in [1.82, 2.24) is 5.32 Å². The lowest BCUT2D eigenvalue weighted by Gasteiger charge is -2.20. The van der Waals surface area contributed by atoms with E-state index < -0.39 is 0 Å². The maximum atomic E-state index is 11.9. The Bertz CT molecular complexity index is 388. The first kappa shape index (κ1) is 11.0. The molecule has 1 aliphatic heterocycles. The molecule has 0 bridgehead atoms. The van der Waals surface area contributed by atoms with Gasteiger partial charge in [0, 0.05) is 13.1 Å². The SMILES string of the molecule is CCCNC(=O)c1cccc2c1NCCC2. The Morgan fingerprint density at radius 1 is 1.50 bits per heavy atom. The zero-order valence-electron chi connectivity index (χ0n) is 9.68. The fourth-order valence-corrected chi connectivity index (χ4v) is 2.03. The number of hydrogen-bond acceptors (Lipinski definition) is 2. The Hall–Kier alpha value is -1.51. The normalized spacial score (nSPS) is 13.8. The van der Waals surface area contributed by atoms with Gasteiger partial charge in [-0.15, -0.1) is 0 Å². The number of nitrogens with one attached hydrogen (secondary N) is 2. The van der Waals surface area contributed by atoms with E-state index in [-0.39, 0.29) is 5.91 Å². The lowest BCUT2D eigenvalue weighted by molar-refractivity contribution is 0.0954. The van der Waals surface area contributed by atoms with Crippen molar-refractivity contribution < 1.29 is 4.79 Å². The lowest BCUT2D eigenvalue weighted by atomic mass is 9.99. The van der Waals surface area contributed by atoms with Crippen molar-refractivity contribution in [1.29, 1.82) is 0 Å². The molecule has 0 unspecified atom stereocenters. The monoisotopic (exact) mass is 218 g/mol. The number of carbonyl (C=O) groups excluding carboxylic acids is 1. The number of anilines is 1. The quantitative estimate of drug-likeness (QED) is 0.816. The molecule has 3 heteroatoms. The van der Waals surface area contributed by atoms with Gasteiger partial charge in [-0.25, -0.2) is 0 Å². The zero-order valence-corrected chi connectivity index (χ0v) is 9.68. The Labute approximate surface area is 96.2 Å². The second-order valence-corrected chi connectivity index (χ2v) is 4.13. The van der Waals surface area contributed by atoms with Crippen LogP contribution >= 0.6 is 0 Å². The number of rotatable bonds is 3. The minimum Gasteiger partial charge on any atom is -0.384 e. The maximum Gasteiger partial charge on any atom is 0.253 e. The summed E-state index contributed by atoms with van der Waals surface area (Å²) < 4.78 is 0. The highest BCUT2D eigenvalue weighted by Gasteiger charge is 2.16. The van der Waals surface area contributed by atoms with Gasteiger partial charge < -0.3 is 10.6 Å². The number of amides is 1. The molecule has 1 aliphatic rings. The first-order valence-corrected chi connectivity index (χ1v) is 5.97. The van der Waals surface area contributed by atoms with E-state index >= 15 is 0 Å². The van der Waals surface area contributed by atoms with E-state index in [0.29, 0.717) is 0 Å². The van der Waals surface area contributed by atoms with Crippen molar-refractivity contribution in [3.63, 3.8) is 0 Å². The standard InChI is InChI=1S/C13H18N2O/c1-2-8-15-13(16)11-7-3-5-10-6-4-9-14-12(10)11/h3,5,7,14H,2,4,6,8-9H2,1H3,(H,15,16). The number of para-hydroxylation sites is 1. The summed E-state index contributed by atoms with van der Waals surface area (Å²) >= 11 is 0. The molecule has 0 aliphatic carbocycles. The molecule has 16 heavy (non-hydrogen) atoms. The summed E-state index contributed by atoms with van der Waals surface area (Å²) in [5.74, 6) is 0.0353. The van der Waals surface area contributed by atoms with Crippen molar-refractivity contribution in [2.45, 2.75) is 26.2 Å². The molecule has 0 spiro atoms. The van der Waals surface area contributed by atoms with Gasteiger partial charge >= 0.3 is 0 Å². The molecule has 2 rings (SSSR count). The molecule has 0 atom stereocenters. The highest BCUT2D eigenvalue weighted by Crippen LogP contribution is 2.25. The number of benzene rings is 1. The molecule has 3 nitrogen and oxygen atoms in total. The summed E-state index contributed by atoms with van der Waals surface area (Å²) in [6.45, 7) is 3.76. The van der Waals surface area contributed by atoms with Crippen LogP contribution in [0.4, 0.5) is 5.69 Å². The van der Waals surface area contributed by atoms with Crippen molar-refractivity contribution in [3.05, 3.63) is 29.3 Å². The molecule has 0 saturated carbocycles. The second kappa shape index (κ2) is 5.01. The van der Waals surface area contributed by atoms with Crippen LogP contribution in [0, 0.1) is 0 Å². The van der Waals surface area contributed by atoms with E-state index in [2.05, 4.69) is 23.6 Å². The summed E-state index contributed by atoms with van der Waals surface area (Å²) in [7, 11) is 0. The van der Waals surface area contributed by atoms with Crippen LogP contribution in [-0.4, -0.2) is 19.0 Å². The van der Waals surface area contributed by atoms with Gasteiger partial charge in [-0.05, 0) is 30.9 Å². The van der Waals surface area contributed by atoms with Crippen LogP contribution < -0.4 is 10.6 Å². The largest absolute Gasteiger partial charge is 0.384 e. The van der Waals surface area contributed by atoms with Crippen LogP contribution in [-0.2, 0) is 6.42 Å². The van der Waals surface area contributed by atoms with Gasteiger partial charge in [0.1, 0.15) is 0 Å². The molecular weight excluding hydrogens is 200 g/mol. The van der Waals surface area contributed by atoms with E-state index in [1.807, 2.05) is 12.1 Å². The van der Waals surface area contributed by atoms with E-state index in [0.717, 1.165) is 43.6 Å². The third kappa shape index (κ3) is 2.18. The van der Waals surface area contributed by atoms with Crippen molar-refractivity contribution in [2.75, 3.05) is 18.4 Å². The third-order valence-electron chi connectivity index (χ3n) is 2.86. The summed E-state index contributed by atoms with van der Waals surface area (Å²) in [6.07, 6.45) is 3.18. The zero-order chi connectivity index (χ0) is 11.4. The molecule has 1 amide bonds. The second-order valence-electron chi connectivity index (χ2n) is 4.13. The maximum absolute atomic E-state index is 11.9. The van der Waals surface area contributed by atoms with Crippen LogP contribution in [0.3, 0.4) is 0 Å². The first-order chi connectivity index (χ1) is 7.83.